The highest BCUT2D eigenvalue weighted by Gasteiger charge is 2.31. The Labute approximate surface area is 184 Å². The summed E-state index contributed by atoms with van der Waals surface area (Å²) in [5, 5.41) is 24.5. The van der Waals surface area contributed by atoms with Crippen LogP contribution in [0.3, 0.4) is 0 Å². The molecular weight excluding hydrogens is 434 g/mol. The molecule has 0 aliphatic heterocycles. The summed E-state index contributed by atoms with van der Waals surface area (Å²) in [5.74, 6) is -6.61. The van der Waals surface area contributed by atoms with E-state index in [0.29, 0.717) is 0 Å². The van der Waals surface area contributed by atoms with Gasteiger partial charge in [0.05, 0.1) is 18.9 Å². The summed E-state index contributed by atoms with van der Waals surface area (Å²) in [7, 11) is 0. The van der Waals surface area contributed by atoms with Crippen molar-refractivity contribution in [1.29, 1.82) is 0 Å². The summed E-state index contributed by atoms with van der Waals surface area (Å²) < 4.78 is 0. The Morgan fingerprint density at radius 1 is 0.839 bits per heavy atom. The topological polar surface area (TPSA) is 231 Å². The van der Waals surface area contributed by atoms with E-state index in [0.717, 1.165) is 0 Å². The van der Waals surface area contributed by atoms with Gasteiger partial charge in [-0.2, -0.15) is 12.6 Å². The summed E-state index contributed by atoms with van der Waals surface area (Å²) in [6.07, 6.45) is -1.12. The minimum absolute atomic E-state index is 0.0568. The number of amides is 4. The van der Waals surface area contributed by atoms with Crippen LogP contribution in [-0.2, 0) is 28.8 Å². The number of carboxylic acids is 2. The van der Waals surface area contributed by atoms with Crippen LogP contribution >= 0.6 is 12.6 Å². The Hall–Kier alpha value is -2.87. The molecule has 0 saturated heterocycles. The van der Waals surface area contributed by atoms with Gasteiger partial charge >= 0.3 is 11.9 Å². The Morgan fingerprint density at radius 2 is 1.32 bits per heavy atom. The summed E-state index contributed by atoms with van der Waals surface area (Å²) in [5.41, 5.74) is 10.6. The van der Waals surface area contributed by atoms with E-state index in [1.807, 2.05) is 5.32 Å². The highest BCUT2D eigenvalue weighted by atomic mass is 32.1. The molecule has 0 aromatic heterocycles. The van der Waals surface area contributed by atoms with Crippen LogP contribution in [0.1, 0.15) is 33.1 Å². The number of hydrogen-bond acceptors (Lipinski definition) is 8. The molecule has 4 amide bonds. The molecular formula is C17H29N5O8S. The van der Waals surface area contributed by atoms with E-state index >= 15 is 0 Å². The van der Waals surface area contributed by atoms with E-state index in [9.17, 15) is 28.8 Å². The van der Waals surface area contributed by atoms with E-state index in [4.69, 9.17) is 21.7 Å². The van der Waals surface area contributed by atoms with Gasteiger partial charge in [0.25, 0.3) is 0 Å². The first kappa shape index (κ1) is 28.1. The van der Waals surface area contributed by atoms with Crippen LogP contribution in [0, 0.1) is 5.92 Å². The first-order valence-corrected chi connectivity index (χ1v) is 9.92. The molecule has 31 heavy (non-hydrogen) atoms. The second kappa shape index (κ2) is 13.4. The smallest absolute Gasteiger partial charge is 0.326 e. The summed E-state index contributed by atoms with van der Waals surface area (Å²) in [6.45, 7) is 3.56. The third-order valence-corrected chi connectivity index (χ3v) is 4.27. The monoisotopic (exact) mass is 463 g/mol. The van der Waals surface area contributed by atoms with Crippen molar-refractivity contribution in [3.63, 3.8) is 0 Å². The molecule has 0 radical (unpaired) electrons. The van der Waals surface area contributed by atoms with Crippen LogP contribution < -0.4 is 27.4 Å². The molecule has 0 aromatic carbocycles. The zero-order valence-electron chi connectivity index (χ0n) is 17.2. The fraction of sp³-hybridized carbons (Fsp3) is 0.647. The van der Waals surface area contributed by atoms with Crippen molar-refractivity contribution in [3.8, 4) is 0 Å². The Balaban J connectivity index is 5.27. The fourth-order valence-corrected chi connectivity index (χ4v) is 2.66. The second-order valence-corrected chi connectivity index (χ2v) is 7.57. The Morgan fingerprint density at radius 3 is 1.74 bits per heavy atom. The molecule has 0 saturated carbocycles. The van der Waals surface area contributed by atoms with E-state index in [1.165, 1.54) is 0 Å². The van der Waals surface area contributed by atoms with Crippen molar-refractivity contribution < 1.29 is 39.0 Å². The largest absolute Gasteiger partial charge is 0.481 e. The van der Waals surface area contributed by atoms with E-state index < -0.39 is 72.6 Å². The highest BCUT2D eigenvalue weighted by Crippen LogP contribution is 2.07. The van der Waals surface area contributed by atoms with Crippen LogP contribution in [0.2, 0.25) is 0 Å². The molecule has 0 aliphatic rings. The lowest BCUT2D eigenvalue weighted by Crippen LogP contribution is -2.58. The molecule has 0 bridgehead atoms. The minimum Gasteiger partial charge on any atom is -0.481 e. The van der Waals surface area contributed by atoms with Gasteiger partial charge in [0.2, 0.25) is 23.6 Å². The third kappa shape index (κ3) is 11.2. The molecule has 14 heteroatoms. The molecule has 13 nitrogen and oxygen atoms in total. The molecule has 9 N–H and O–H groups in total. The van der Waals surface area contributed by atoms with Gasteiger partial charge in [-0.15, -0.1) is 0 Å². The highest BCUT2D eigenvalue weighted by molar-refractivity contribution is 7.80. The second-order valence-electron chi connectivity index (χ2n) is 7.21. The first-order valence-electron chi connectivity index (χ1n) is 9.28. The quantitative estimate of drug-likeness (QED) is 0.124. The predicted octanol–water partition coefficient (Wildman–Crippen LogP) is -2.82. The maximum absolute atomic E-state index is 12.6. The van der Waals surface area contributed by atoms with Gasteiger partial charge in [-0.05, 0) is 12.3 Å². The van der Waals surface area contributed by atoms with Crippen LogP contribution in [0.15, 0.2) is 0 Å². The average Bonchev–Trinajstić information content (AvgIpc) is 2.63. The zero-order chi connectivity index (χ0) is 24.3. The standard InChI is InChI=1S/C17H29N5O8S/c1-7(2)3-9(20-14(26)8(18)4-12(19)23)15(27)22-11(6-31)16(28)21-10(17(29)30)5-13(24)25/h7-11,31H,3-6,18H2,1-2H3,(H2,19,23)(H,20,26)(H,21,28)(H,22,27)(H,24,25)(H,29,30). The average molecular weight is 464 g/mol. The van der Waals surface area contributed by atoms with Crippen molar-refractivity contribution in [3.05, 3.63) is 0 Å². The molecule has 0 aliphatic carbocycles. The normalized spacial score (nSPS) is 14.6. The SMILES string of the molecule is CC(C)CC(NC(=O)C(N)CC(N)=O)C(=O)NC(CS)C(=O)NC(CC(=O)O)C(=O)O. The number of rotatable bonds is 14. The Bertz CT molecular complexity index is 702. The molecule has 0 aromatic rings. The predicted molar refractivity (Wildman–Crippen MR) is 111 cm³/mol. The number of hydrogen-bond donors (Lipinski definition) is 8. The van der Waals surface area contributed by atoms with Crippen LogP contribution in [0.25, 0.3) is 0 Å². The van der Waals surface area contributed by atoms with Crippen LogP contribution in [-0.4, -0.2) is 75.7 Å². The molecule has 4 unspecified atom stereocenters. The minimum atomic E-state index is -1.71. The van der Waals surface area contributed by atoms with Gasteiger partial charge in [0.15, 0.2) is 0 Å². The Kier molecular flexibility index (Phi) is 12.2. The summed E-state index contributed by atoms with van der Waals surface area (Å²) in [6, 6.07) is -5.40. The van der Waals surface area contributed by atoms with Crippen molar-refractivity contribution in [1.82, 2.24) is 16.0 Å². The summed E-state index contributed by atoms with van der Waals surface area (Å²) in [4.78, 5) is 69.9. The maximum Gasteiger partial charge on any atom is 0.326 e. The number of primary amides is 1. The maximum atomic E-state index is 12.6. The number of carbonyl (C=O) groups is 6. The molecule has 4 atom stereocenters. The van der Waals surface area contributed by atoms with Crippen molar-refractivity contribution in [2.24, 2.45) is 17.4 Å². The molecule has 0 rings (SSSR count). The molecule has 0 fully saturated rings. The van der Waals surface area contributed by atoms with Crippen LogP contribution in [0.4, 0.5) is 0 Å². The number of carbonyl (C=O) groups excluding carboxylic acids is 4. The van der Waals surface area contributed by atoms with Gasteiger partial charge in [0, 0.05) is 5.75 Å². The van der Waals surface area contributed by atoms with Gasteiger partial charge in [0.1, 0.15) is 18.1 Å². The zero-order valence-corrected chi connectivity index (χ0v) is 18.1. The van der Waals surface area contributed by atoms with Crippen molar-refractivity contribution in [2.45, 2.75) is 57.3 Å². The van der Waals surface area contributed by atoms with Crippen LogP contribution in [0.5, 0.6) is 0 Å². The van der Waals surface area contributed by atoms with Gasteiger partial charge in [-0.3, -0.25) is 24.0 Å². The summed E-state index contributed by atoms with van der Waals surface area (Å²) >= 11 is 3.95. The number of carboxylic acid groups (broad SMARTS) is 2. The number of aliphatic carboxylic acids is 2. The lowest BCUT2D eigenvalue weighted by atomic mass is 10.0. The number of nitrogens with one attached hydrogen (secondary N) is 3. The lowest BCUT2D eigenvalue weighted by Gasteiger charge is -2.25. The molecule has 0 heterocycles. The first-order chi connectivity index (χ1) is 14.3. The van der Waals surface area contributed by atoms with E-state index in [1.54, 1.807) is 13.8 Å². The number of thiol groups is 1. The van der Waals surface area contributed by atoms with Gasteiger partial charge < -0.3 is 37.6 Å². The third-order valence-electron chi connectivity index (χ3n) is 3.91. The van der Waals surface area contributed by atoms with Crippen molar-refractivity contribution >= 4 is 48.2 Å². The lowest BCUT2D eigenvalue weighted by molar-refractivity contribution is -0.147. The van der Waals surface area contributed by atoms with E-state index in [2.05, 4.69) is 23.3 Å². The van der Waals surface area contributed by atoms with Crippen molar-refractivity contribution in [2.75, 3.05) is 5.75 Å². The van der Waals surface area contributed by atoms with E-state index in [-0.39, 0.29) is 18.1 Å². The molecule has 0 spiro atoms. The van der Waals surface area contributed by atoms with Gasteiger partial charge in [-0.1, -0.05) is 13.8 Å². The van der Waals surface area contributed by atoms with Gasteiger partial charge in [-0.25, -0.2) is 4.79 Å². The fourth-order valence-electron chi connectivity index (χ4n) is 2.40. The molecule has 176 valence electrons. The number of nitrogens with two attached hydrogens (primary N) is 2.